The van der Waals surface area contributed by atoms with E-state index in [-0.39, 0.29) is 17.3 Å². The largest absolute Gasteiger partial charge is 0.490 e. The standard InChI is InChI=1S/C25H25ClN4O3S2/c1-4-32-21-14-16(5-10-20(21)33-11-12-34-18-8-6-17(26)7-9-18)13-19-22(27)30-25(28-23(19)31)35-24(29-30)15(2)3/h5-10,13-15,27H,4,11-12H2,1-3H3. The van der Waals surface area contributed by atoms with Gasteiger partial charge in [0.05, 0.1) is 18.8 Å². The number of amidine groups is 2. The molecule has 0 unspecified atom stereocenters. The molecule has 4 rings (SSSR count). The summed E-state index contributed by atoms with van der Waals surface area (Å²) in [6.45, 7) is 6.90. The molecule has 0 saturated carbocycles. The average Bonchev–Trinajstić information content (AvgIpc) is 3.26. The number of carbonyl (C=O) groups excluding carboxylic acids is 1. The predicted molar refractivity (Wildman–Crippen MR) is 145 cm³/mol. The van der Waals surface area contributed by atoms with Crippen molar-refractivity contribution in [3.05, 3.63) is 58.6 Å². The van der Waals surface area contributed by atoms with Crippen LogP contribution < -0.4 is 9.47 Å². The minimum atomic E-state index is -0.452. The van der Waals surface area contributed by atoms with E-state index in [4.69, 9.17) is 26.5 Å². The summed E-state index contributed by atoms with van der Waals surface area (Å²) in [6, 6.07) is 13.1. The summed E-state index contributed by atoms with van der Waals surface area (Å²) in [5, 5.41) is 16.4. The molecule has 0 fully saturated rings. The Morgan fingerprint density at radius 2 is 1.94 bits per heavy atom. The highest BCUT2D eigenvalue weighted by Crippen LogP contribution is 2.33. The lowest BCUT2D eigenvalue weighted by molar-refractivity contribution is -0.114. The number of benzene rings is 2. The molecular formula is C25H25ClN4O3S2. The van der Waals surface area contributed by atoms with Crippen LogP contribution in [-0.4, -0.2) is 45.9 Å². The van der Waals surface area contributed by atoms with Crippen molar-refractivity contribution in [1.29, 1.82) is 5.41 Å². The number of thioether (sulfide) groups is 2. The van der Waals surface area contributed by atoms with Crippen molar-refractivity contribution >= 4 is 63.2 Å². The van der Waals surface area contributed by atoms with Crippen LogP contribution in [0.2, 0.25) is 5.02 Å². The third kappa shape index (κ3) is 6.09. The van der Waals surface area contributed by atoms with Crippen LogP contribution in [-0.2, 0) is 4.79 Å². The zero-order valence-corrected chi connectivity index (χ0v) is 22.0. The second kappa shape index (κ2) is 11.3. The summed E-state index contributed by atoms with van der Waals surface area (Å²) in [4.78, 5) is 17.9. The first-order chi connectivity index (χ1) is 16.9. The van der Waals surface area contributed by atoms with E-state index >= 15 is 0 Å². The van der Waals surface area contributed by atoms with Crippen LogP contribution in [0.1, 0.15) is 26.3 Å². The molecule has 0 aliphatic carbocycles. The van der Waals surface area contributed by atoms with Crippen molar-refractivity contribution in [3.8, 4) is 11.5 Å². The number of nitrogens with one attached hydrogen (secondary N) is 1. The van der Waals surface area contributed by atoms with Gasteiger partial charge in [0.2, 0.25) is 5.17 Å². The molecule has 10 heteroatoms. The fraction of sp³-hybridized carbons (Fsp3) is 0.280. The first-order valence-corrected chi connectivity index (χ1v) is 13.3. The first kappa shape index (κ1) is 25.3. The van der Waals surface area contributed by atoms with Crippen molar-refractivity contribution in [3.63, 3.8) is 0 Å². The summed E-state index contributed by atoms with van der Waals surface area (Å²) < 4.78 is 11.7. The van der Waals surface area contributed by atoms with Crippen LogP contribution in [0, 0.1) is 11.3 Å². The Bertz CT molecular complexity index is 1230. The molecule has 0 bridgehead atoms. The van der Waals surface area contributed by atoms with Gasteiger partial charge in [-0.2, -0.15) is 15.1 Å². The molecule has 0 aromatic heterocycles. The Balaban J connectivity index is 1.46. The summed E-state index contributed by atoms with van der Waals surface area (Å²) in [6.07, 6.45) is 1.64. The fourth-order valence-electron chi connectivity index (χ4n) is 3.25. The second-order valence-corrected chi connectivity index (χ2v) is 10.5. The van der Waals surface area contributed by atoms with E-state index in [9.17, 15) is 4.79 Å². The van der Waals surface area contributed by atoms with Crippen molar-refractivity contribution in [2.45, 2.75) is 25.7 Å². The van der Waals surface area contributed by atoms with E-state index in [1.54, 1.807) is 23.9 Å². The zero-order chi connectivity index (χ0) is 24.9. The Morgan fingerprint density at radius 3 is 2.66 bits per heavy atom. The number of amides is 1. The molecule has 2 aromatic carbocycles. The van der Waals surface area contributed by atoms with Crippen LogP contribution in [0.3, 0.4) is 0 Å². The Kier molecular flexibility index (Phi) is 8.20. The Morgan fingerprint density at radius 1 is 1.17 bits per heavy atom. The van der Waals surface area contributed by atoms with Gasteiger partial charge >= 0.3 is 0 Å². The molecular weight excluding hydrogens is 504 g/mol. The summed E-state index contributed by atoms with van der Waals surface area (Å²) >= 11 is 8.94. The Labute approximate surface area is 218 Å². The predicted octanol–water partition coefficient (Wildman–Crippen LogP) is 6.18. The van der Waals surface area contributed by atoms with Gasteiger partial charge in [0.15, 0.2) is 17.3 Å². The molecule has 0 atom stereocenters. The van der Waals surface area contributed by atoms with Crippen molar-refractivity contribution in [2.24, 2.45) is 16.0 Å². The van der Waals surface area contributed by atoms with Crippen molar-refractivity contribution in [2.75, 3.05) is 19.0 Å². The van der Waals surface area contributed by atoms with E-state index in [1.165, 1.54) is 16.8 Å². The average molecular weight is 529 g/mol. The molecule has 2 heterocycles. The van der Waals surface area contributed by atoms with E-state index in [1.807, 2.05) is 57.2 Å². The van der Waals surface area contributed by atoms with Crippen LogP contribution in [0.15, 0.2) is 63.0 Å². The van der Waals surface area contributed by atoms with Gasteiger partial charge in [0, 0.05) is 21.6 Å². The Hall–Kier alpha value is -2.75. The number of rotatable bonds is 9. The number of hydrazone groups is 1. The van der Waals surface area contributed by atoms with Crippen LogP contribution in [0.25, 0.3) is 6.08 Å². The number of carbonyl (C=O) groups is 1. The summed E-state index contributed by atoms with van der Waals surface area (Å²) in [7, 11) is 0. The normalized spacial score (nSPS) is 16.5. The molecule has 2 aliphatic heterocycles. The number of halogens is 1. The van der Waals surface area contributed by atoms with Gasteiger partial charge < -0.3 is 9.47 Å². The monoisotopic (exact) mass is 528 g/mol. The van der Waals surface area contributed by atoms with Gasteiger partial charge in [0.25, 0.3) is 5.91 Å². The fourth-order valence-corrected chi connectivity index (χ4v) is 5.00. The van der Waals surface area contributed by atoms with E-state index in [0.29, 0.717) is 40.5 Å². The molecule has 35 heavy (non-hydrogen) atoms. The minimum Gasteiger partial charge on any atom is -0.490 e. The molecule has 0 radical (unpaired) electrons. The summed E-state index contributed by atoms with van der Waals surface area (Å²) in [5.41, 5.74) is 0.890. The van der Waals surface area contributed by atoms with Crippen molar-refractivity contribution < 1.29 is 14.3 Å². The third-order valence-electron chi connectivity index (χ3n) is 4.97. The van der Waals surface area contributed by atoms with Crippen molar-refractivity contribution in [1.82, 2.24) is 5.01 Å². The molecule has 1 amide bonds. The topological polar surface area (TPSA) is 87.3 Å². The maximum absolute atomic E-state index is 12.7. The van der Waals surface area contributed by atoms with E-state index in [0.717, 1.165) is 15.7 Å². The maximum atomic E-state index is 12.7. The molecule has 2 aliphatic rings. The van der Waals surface area contributed by atoms with Gasteiger partial charge in [-0.25, -0.2) is 0 Å². The maximum Gasteiger partial charge on any atom is 0.283 e. The number of fused-ring (bicyclic) bond motifs is 1. The molecule has 0 saturated heterocycles. The smallest absolute Gasteiger partial charge is 0.283 e. The lowest BCUT2D eigenvalue weighted by Gasteiger charge is -2.20. The van der Waals surface area contributed by atoms with Crippen LogP contribution in [0.5, 0.6) is 11.5 Å². The van der Waals surface area contributed by atoms with Gasteiger partial charge in [-0.1, -0.05) is 31.5 Å². The number of ether oxygens (including phenoxy) is 2. The number of nitrogens with zero attached hydrogens (tertiary/aromatic N) is 3. The third-order valence-corrected chi connectivity index (χ3v) is 7.40. The highest BCUT2D eigenvalue weighted by Gasteiger charge is 2.36. The molecule has 182 valence electrons. The number of aliphatic imine (C=N–C) groups is 1. The highest BCUT2D eigenvalue weighted by atomic mass is 35.5. The number of hydrogen-bond acceptors (Lipinski definition) is 7. The first-order valence-electron chi connectivity index (χ1n) is 11.1. The van der Waals surface area contributed by atoms with Gasteiger partial charge in [-0.05, 0) is 66.7 Å². The summed E-state index contributed by atoms with van der Waals surface area (Å²) in [5.74, 6) is 1.71. The van der Waals surface area contributed by atoms with Gasteiger partial charge in [0.1, 0.15) is 5.04 Å². The van der Waals surface area contributed by atoms with Gasteiger partial charge in [-0.15, -0.1) is 11.8 Å². The molecule has 1 N–H and O–H groups in total. The minimum absolute atomic E-state index is 0.0145. The lowest BCUT2D eigenvalue weighted by atomic mass is 10.1. The second-order valence-electron chi connectivity index (χ2n) is 7.90. The quantitative estimate of drug-likeness (QED) is 0.237. The molecule has 7 nitrogen and oxygen atoms in total. The zero-order valence-electron chi connectivity index (χ0n) is 19.6. The van der Waals surface area contributed by atoms with E-state index < -0.39 is 5.91 Å². The highest BCUT2D eigenvalue weighted by molar-refractivity contribution is 8.27. The van der Waals surface area contributed by atoms with E-state index in [2.05, 4.69) is 10.1 Å². The van der Waals surface area contributed by atoms with Crippen LogP contribution in [0.4, 0.5) is 0 Å². The molecule has 0 spiro atoms. The number of hydrogen-bond donors (Lipinski definition) is 1. The molecule has 2 aromatic rings. The lowest BCUT2D eigenvalue weighted by Crippen LogP contribution is -2.35. The van der Waals surface area contributed by atoms with Crippen LogP contribution >= 0.6 is 35.1 Å². The van der Waals surface area contributed by atoms with Gasteiger partial charge in [-0.3, -0.25) is 10.2 Å². The SMILES string of the molecule is CCOc1cc(C=C2C(=N)N3N=C(C(C)C)SC3=NC2=O)ccc1OCCSc1ccc(Cl)cc1.